The summed E-state index contributed by atoms with van der Waals surface area (Å²) in [5, 5.41) is 4.11. The molecule has 29 heavy (non-hydrogen) atoms. The van der Waals surface area contributed by atoms with Crippen molar-refractivity contribution >= 4 is 46.7 Å². The van der Waals surface area contributed by atoms with Gasteiger partial charge >= 0.3 is 0 Å². The van der Waals surface area contributed by atoms with Crippen LogP contribution in [-0.2, 0) is 17.6 Å². The lowest BCUT2D eigenvalue weighted by molar-refractivity contribution is -0.116. The molecule has 0 saturated carbocycles. The van der Waals surface area contributed by atoms with Gasteiger partial charge in [0.1, 0.15) is 5.82 Å². The zero-order valence-electron chi connectivity index (χ0n) is 15.5. The van der Waals surface area contributed by atoms with Crippen LogP contribution in [0.2, 0.25) is 10.0 Å². The summed E-state index contributed by atoms with van der Waals surface area (Å²) in [6, 6.07) is 15.2. The van der Waals surface area contributed by atoms with Crippen LogP contribution in [0.1, 0.15) is 29.0 Å². The monoisotopic (exact) mass is 445 g/mol. The van der Waals surface area contributed by atoms with E-state index < -0.39 is 5.92 Å². The number of benzene rings is 2. The van der Waals surface area contributed by atoms with Gasteiger partial charge in [0.25, 0.3) is 5.56 Å². The van der Waals surface area contributed by atoms with Gasteiger partial charge in [-0.25, -0.2) is 0 Å². The minimum atomic E-state index is -0.496. The Kier molecular flexibility index (Phi) is 5.67. The number of nitrogens with one attached hydrogen (secondary N) is 1. The third-order valence-corrected chi connectivity index (χ3v) is 6.80. The minimum absolute atomic E-state index is 0.112. The zero-order valence-corrected chi connectivity index (χ0v) is 17.8. The molecule has 2 aromatic carbocycles. The van der Waals surface area contributed by atoms with Crippen molar-refractivity contribution < 1.29 is 4.79 Å². The van der Waals surface area contributed by atoms with E-state index in [0.717, 1.165) is 5.56 Å². The highest BCUT2D eigenvalue weighted by Gasteiger charge is 2.33. The molecule has 1 unspecified atom stereocenters. The van der Waals surface area contributed by atoms with Crippen molar-refractivity contribution in [1.82, 2.24) is 9.55 Å². The lowest BCUT2D eigenvalue weighted by Crippen LogP contribution is -2.33. The Labute approximate surface area is 182 Å². The summed E-state index contributed by atoms with van der Waals surface area (Å²) >= 11 is 14.0. The molecule has 0 aliphatic carbocycles. The number of rotatable bonds is 4. The molecule has 1 aliphatic rings. The van der Waals surface area contributed by atoms with E-state index in [1.54, 1.807) is 29.8 Å². The van der Waals surface area contributed by atoms with E-state index in [1.165, 1.54) is 11.8 Å². The zero-order chi connectivity index (χ0) is 20.5. The fraction of sp³-hybridized carbons (Fsp3) is 0.190. The maximum absolute atomic E-state index is 13.0. The van der Waals surface area contributed by atoms with Gasteiger partial charge in [-0.2, -0.15) is 4.98 Å². The van der Waals surface area contributed by atoms with E-state index in [9.17, 15) is 9.59 Å². The van der Waals surface area contributed by atoms with E-state index in [-0.39, 0.29) is 17.9 Å². The molecule has 0 radical (unpaired) electrons. The van der Waals surface area contributed by atoms with Gasteiger partial charge in [-0.05, 0) is 17.2 Å². The van der Waals surface area contributed by atoms with Gasteiger partial charge in [-0.3, -0.25) is 9.59 Å². The van der Waals surface area contributed by atoms with E-state index in [2.05, 4.69) is 10.3 Å². The van der Waals surface area contributed by atoms with Crippen LogP contribution < -0.4 is 10.9 Å². The third kappa shape index (κ3) is 3.92. The van der Waals surface area contributed by atoms with Crippen LogP contribution in [0.3, 0.4) is 0 Å². The molecule has 5 nitrogen and oxygen atoms in total. The van der Waals surface area contributed by atoms with Gasteiger partial charge in [0, 0.05) is 25.1 Å². The highest BCUT2D eigenvalue weighted by Crippen LogP contribution is 2.40. The number of hydrogen-bond donors (Lipinski definition) is 1. The Bertz CT molecular complexity index is 1150. The first kappa shape index (κ1) is 20.0. The van der Waals surface area contributed by atoms with E-state index in [0.29, 0.717) is 37.9 Å². The summed E-state index contributed by atoms with van der Waals surface area (Å²) in [5.41, 5.74) is 1.84. The Morgan fingerprint density at radius 1 is 1.14 bits per heavy atom. The number of hydrogen-bond acceptors (Lipinski definition) is 4. The molecule has 4 rings (SSSR count). The fourth-order valence-electron chi connectivity index (χ4n) is 3.44. The van der Waals surface area contributed by atoms with Gasteiger partial charge in [-0.1, -0.05) is 77.4 Å². The number of halogens is 2. The highest BCUT2D eigenvalue weighted by molar-refractivity contribution is 7.98. The van der Waals surface area contributed by atoms with Crippen LogP contribution in [-0.4, -0.2) is 15.5 Å². The molecule has 0 bridgehead atoms. The first-order chi connectivity index (χ1) is 14.0. The number of carbonyl (C=O) groups is 1. The fourth-order valence-corrected chi connectivity index (χ4v) is 4.80. The van der Waals surface area contributed by atoms with Crippen LogP contribution in [0.15, 0.2) is 58.5 Å². The Balaban J connectivity index is 1.76. The summed E-state index contributed by atoms with van der Waals surface area (Å²) in [6.45, 7) is 0. The van der Waals surface area contributed by atoms with Crippen LogP contribution >= 0.6 is 35.0 Å². The van der Waals surface area contributed by atoms with Crippen molar-refractivity contribution in [2.24, 2.45) is 7.05 Å². The molecule has 0 saturated heterocycles. The van der Waals surface area contributed by atoms with Crippen molar-refractivity contribution in [3.63, 3.8) is 0 Å². The number of nitrogens with zero attached hydrogens (tertiary/aromatic N) is 2. The topological polar surface area (TPSA) is 64.0 Å². The minimum Gasteiger partial charge on any atom is -0.312 e. The standard InChI is InChI=1S/C21H17Cl2N3O2S/c1-26-19-17(20(28)25-21(26)29-11-12-6-3-2-4-7-12)14(10-16(27)24-19)13-8-5-9-15(22)18(13)23/h2-9,14H,10-11H2,1H3,(H,24,27). The molecule has 1 aliphatic heterocycles. The van der Waals surface area contributed by atoms with E-state index in [4.69, 9.17) is 23.2 Å². The summed E-state index contributed by atoms with van der Waals surface area (Å²) in [7, 11) is 1.79. The van der Waals surface area contributed by atoms with Crippen molar-refractivity contribution in [2.75, 3.05) is 5.32 Å². The lowest BCUT2D eigenvalue weighted by Gasteiger charge is -2.28. The predicted molar refractivity (Wildman–Crippen MR) is 117 cm³/mol. The molecule has 8 heteroatoms. The molecular formula is C21H17Cl2N3O2S. The summed E-state index contributed by atoms with van der Waals surface area (Å²) in [6.07, 6.45) is 0.112. The van der Waals surface area contributed by atoms with Crippen molar-refractivity contribution in [3.05, 3.63) is 85.6 Å². The molecule has 2 heterocycles. The average Bonchev–Trinajstić information content (AvgIpc) is 2.71. The molecule has 1 amide bonds. The molecule has 0 fully saturated rings. The SMILES string of the molecule is Cn1c(SCc2ccccc2)nc(=O)c2c1NC(=O)CC2c1cccc(Cl)c1Cl. The van der Waals surface area contributed by atoms with E-state index in [1.807, 2.05) is 30.3 Å². The molecule has 3 aromatic rings. The largest absolute Gasteiger partial charge is 0.312 e. The van der Waals surface area contributed by atoms with Crippen LogP contribution in [0.5, 0.6) is 0 Å². The number of aromatic nitrogens is 2. The Hall–Kier alpha value is -2.28. The van der Waals surface area contributed by atoms with E-state index >= 15 is 0 Å². The lowest BCUT2D eigenvalue weighted by atomic mass is 9.86. The first-order valence-electron chi connectivity index (χ1n) is 8.97. The third-order valence-electron chi connectivity index (χ3n) is 4.87. The maximum Gasteiger partial charge on any atom is 0.279 e. The Morgan fingerprint density at radius 3 is 2.66 bits per heavy atom. The molecule has 1 N–H and O–H groups in total. The second-order valence-electron chi connectivity index (χ2n) is 6.74. The van der Waals surface area contributed by atoms with Gasteiger partial charge in [0.15, 0.2) is 5.16 Å². The molecule has 0 spiro atoms. The maximum atomic E-state index is 13.0. The van der Waals surface area contributed by atoms with Crippen LogP contribution in [0, 0.1) is 0 Å². The quantitative estimate of drug-likeness (QED) is 0.460. The van der Waals surface area contributed by atoms with Crippen LogP contribution in [0.4, 0.5) is 5.82 Å². The number of carbonyl (C=O) groups excluding carboxylic acids is 1. The predicted octanol–water partition coefficient (Wildman–Crippen LogP) is 4.85. The first-order valence-corrected chi connectivity index (χ1v) is 10.7. The molecular weight excluding hydrogens is 429 g/mol. The molecule has 1 aromatic heterocycles. The Morgan fingerprint density at radius 2 is 1.90 bits per heavy atom. The number of fused-ring (bicyclic) bond motifs is 1. The summed E-state index contributed by atoms with van der Waals surface area (Å²) < 4.78 is 1.76. The summed E-state index contributed by atoms with van der Waals surface area (Å²) in [4.78, 5) is 29.7. The number of thioether (sulfide) groups is 1. The molecule has 148 valence electrons. The van der Waals surface area contributed by atoms with Crippen LogP contribution in [0.25, 0.3) is 0 Å². The number of anilines is 1. The number of amides is 1. The van der Waals surface area contributed by atoms with Crippen molar-refractivity contribution in [1.29, 1.82) is 0 Å². The van der Waals surface area contributed by atoms with Crippen molar-refractivity contribution in [3.8, 4) is 0 Å². The van der Waals surface area contributed by atoms with Gasteiger partial charge < -0.3 is 9.88 Å². The van der Waals surface area contributed by atoms with Gasteiger partial charge in [-0.15, -0.1) is 0 Å². The second-order valence-corrected chi connectivity index (χ2v) is 8.47. The normalized spacial score (nSPS) is 15.7. The highest BCUT2D eigenvalue weighted by atomic mass is 35.5. The molecule has 1 atom stereocenters. The van der Waals surface area contributed by atoms with Crippen molar-refractivity contribution in [2.45, 2.75) is 23.2 Å². The average molecular weight is 446 g/mol. The van der Waals surface area contributed by atoms with Gasteiger partial charge in [0.05, 0.1) is 15.6 Å². The second kappa shape index (κ2) is 8.22. The smallest absolute Gasteiger partial charge is 0.279 e. The van der Waals surface area contributed by atoms with Gasteiger partial charge in [0.2, 0.25) is 5.91 Å². The summed E-state index contributed by atoms with van der Waals surface area (Å²) in [5.74, 6) is 0.443.